The number of hydrogen-bond donors (Lipinski definition) is 1. The molecule has 6 aliphatic rings. The number of ketones is 1. The summed E-state index contributed by atoms with van der Waals surface area (Å²) in [7, 11) is 0. The minimum atomic E-state index is -0.857. The van der Waals surface area contributed by atoms with Gasteiger partial charge in [0.15, 0.2) is 19.4 Å². The highest BCUT2D eigenvalue weighted by atomic mass is 16.9. The van der Waals surface area contributed by atoms with E-state index in [-0.39, 0.29) is 36.1 Å². The average molecular weight is 402 g/mol. The highest BCUT2D eigenvalue weighted by Crippen LogP contribution is 2.71. The number of carbonyl (C=O) groups excluding carboxylic acids is 1. The Morgan fingerprint density at radius 2 is 1.97 bits per heavy atom. The topological polar surface area (TPSA) is 74.2 Å². The summed E-state index contributed by atoms with van der Waals surface area (Å²) in [6.07, 6.45) is 9.56. The molecule has 5 fully saturated rings. The predicted octanol–water partition coefficient (Wildman–Crippen LogP) is 2.71. The van der Waals surface area contributed by atoms with Gasteiger partial charge in [0.2, 0.25) is 5.79 Å². The van der Waals surface area contributed by atoms with Crippen LogP contribution in [0.1, 0.15) is 46.0 Å². The van der Waals surface area contributed by atoms with Crippen LogP contribution in [0, 0.1) is 28.6 Å². The molecule has 2 aliphatic heterocycles. The largest absolute Gasteiger partial charge is 0.393 e. The SMILES string of the molecule is C[C@]12C=CC(=O)C=C1CCC1C2[C@@H](O)C[C@@]2(C)C1CC[C@@]21OCOC12COCO2. The molecule has 2 heterocycles. The quantitative estimate of drug-likeness (QED) is 0.672. The van der Waals surface area contributed by atoms with E-state index in [9.17, 15) is 9.90 Å². The lowest BCUT2D eigenvalue weighted by atomic mass is 9.46. The minimum absolute atomic E-state index is 0.0720. The van der Waals surface area contributed by atoms with Crippen LogP contribution in [0.5, 0.6) is 0 Å². The van der Waals surface area contributed by atoms with Crippen molar-refractivity contribution in [3.8, 4) is 0 Å². The van der Waals surface area contributed by atoms with Gasteiger partial charge in [-0.15, -0.1) is 0 Å². The third-order valence-electron chi connectivity index (χ3n) is 9.50. The zero-order valence-electron chi connectivity index (χ0n) is 17.2. The summed E-state index contributed by atoms with van der Waals surface area (Å²) >= 11 is 0. The second-order valence-electron chi connectivity index (χ2n) is 10.3. The first-order chi connectivity index (χ1) is 13.9. The van der Waals surface area contributed by atoms with Crippen molar-refractivity contribution in [2.45, 2.75) is 63.4 Å². The molecule has 29 heavy (non-hydrogen) atoms. The van der Waals surface area contributed by atoms with E-state index in [0.717, 1.165) is 25.7 Å². The van der Waals surface area contributed by atoms with Crippen molar-refractivity contribution in [3.63, 3.8) is 0 Å². The summed E-state index contributed by atoms with van der Waals surface area (Å²) in [5.74, 6) is 0.140. The van der Waals surface area contributed by atoms with Crippen LogP contribution in [0.4, 0.5) is 0 Å². The van der Waals surface area contributed by atoms with Gasteiger partial charge in [-0.1, -0.05) is 25.5 Å². The predicted molar refractivity (Wildman–Crippen MR) is 102 cm³/mol. The molecule has 4 aliphatic carbocycles. The summed E-state index contributed by atoms with van der Waals surface area (Å²) in [6.45, 7) is 5.31. The molecule has 8 atom stereocenters. The monoisotopic (exact) mass is 402 g/mol. The van der Waals surface area contributed by atoms with Gasteiger partial charge in [0.1, 0.15) is 12.2 Å². The first-order valence-corrected chi connectivity index (χ1v) is 11.0. The Hall–Kier alpha value is -1.05. The van der Waals surface area contributed by atoms with Crippen molar-refractivity contribution >= 4 is 5.78 Å². The first kappa shape index (κ1) is 18.7. The smallest absolute Gasteiger partial charge is 0.226 e. The van der Waals surface area contributed by atoms with E-state index >= 15 is 0 Å². The summed E-state index contributed by atoms with van der Waals surface area (Å²) in [6, 6.07) is 0. The normalized spacial score (nSPS) is 55.8. The second-order valence-corrected chi connectivity index (χ2v) is 10.3. The standard InChI is InChI=1S/C23H30O6/c1-20-7-5-15(24)9-14(20)3-4-16-17-6-8-22(21(17,2)10-18(25)19(16)20)23(29-13-27-22)11-26-12-28-23/h5,7,9,16-19,25H,3-4,6,8,10-13H2,1-2H3/t16?,17?,18-,19?,20-,21-,22+,23?/m0/s1. The Morgan fingerprint density at radius 3 is 2.76 bits per heavy atom. The van der Waals surface area contributed by atoms with E-state index in [1.54, 1.807) is 12.2 Å². The van der Waals surface area contributed by atoms with E-state index < -0.39 is 17.5 Å². The maximum absolute atomic E-state index is 12.0. The summed E-state index contributed by atoms with van der Waals surface area (Å²) in [5.41, 5.74) is 0.114. The van der Waals surface area contributed by atoms with Gasteiger partial charge < -0.3 is 24.1 Å². The van der Waals surface area contributed by atoms with Crippen LogP contribution >= 0.6 is 0 Å². The molecule has 0 aromatic rings. The van der Waals surface area contributed by atoms with Crippen molar-refractivity contribution in [2.75, 3.05) is 20.2 Å². The molecule has 2 saturated heterocycles. The van der Waals surface area contributed by atoms with Gasteiger partial charge in [-0.3, -0.25) is 4.79 Å². The lowest BCUT2D eigenvalue weighted by Crippen LogP contribution is -2.66. The lowest BCUT2D eigenvalue weighted by molar-refractivity contribution is -0.256. The Kier molecular flexibility index (Phi) is 3.74. The molecule has 4 unspecified atom stereocenters. The number of aliphatic hydroxyl groups is 1. The van der Waals surface area contributed by atoms with Gasteiger partial charge in [0.25, 0.3) is 0 Å². The molecular weight excluding hydrogens is 372 g/mol. The fourth-order valence-corrected chi connectivity index (χ4v) is 8.30. The third kappa shape index (κ3) is 2.07. The van der Waals surface area contributed by atoms with E-state index in [4.69, 9.17) is 18.9 Å². The molecule has 158 valence electrons. The maximum atomic E-state index is 12.0. The first-order valence-electron chi connectivity index (χ1n) is 11.0. The van der Waals surface area contributed by atoms with Crippen LogP contribution in [0.2, 0.25) is 0 Å². The number of carbonyl (C=O) groups is 1. The van der Waals surface area contributed by atoms with E-state index in [2.05, 4.69) is 19.9 Å². The second kappa shape index (κ2) is 5.80. The van der Waals surface area contributed by atoms with Crippen LogP contribution in [0.15, 0.2) is 23.8 Å². The van der Waals surface area contributed by atoms with Crippen molar-refractivity contribution in [3.05, 3.63) is 23.8 Å². The number of ether oxygens (including phenoxy) is 4. The summed E-state index contributed by atoms with van der Waals surface area (Å²) < 4.78 is 24.0. The van der Waals surface area contributed by atoms with Crippen LogP contribution < -0.4 is 0 Å². The summed E-state index contributed by atoms with van der Waals surface area (Å²) in [5, 5.41) is 11.5. The fourth-order valence-electron chi connectivity index (χ4n) is 8.30. The fraction of sp³-hybridized carbons (Fsp3) is 0.783. The molecule has 6 nitrogen and oxygen atoms in total. The molecule has 0 bridgehead atoms. The van der Waals surface area contributed by atoms with Crippen LogP contribution in [-0.4, -0.2) is 48.6 Å². The molecule has 0 radical (unpaired) electrons. The van der Waals surface area contributed by atoms with Crippen LogP contribution in [0.25, 0.3) is 0 Å². The Labute approximate surface area is 171 Å². The molecule has 1 N–H and O–H groups in total. The van der Waals surface area contributed by atoms with E-state index in [0.29, 0.717) is 24.9 Å². The van der Waals surface area contributed by atoms with Crippen LogP contribution in [0.3, 0.4) is 0 Å². The van der Waals surface area contributed by atoms with E-state index in [1.165, 1.54) is 5.57 Å². The Bertz CT molecular complexity index is 807. The minimum Gasteiger partial charge on any atom is -0.393 e. The highest BCUT2D eigenvalue weighted by Gasteiger charge is 2.76. The molecule has 0 amide bonds. The zero-order valence-corrected chi connectivity index (χ0v) is 17.2. The van der Waals surface area contributed by atoms with Crippen molar-refractivity contribution < 1.29 is 28.8 Å². The average Bonchev–Trinajstić information content (AvgIpc) is 3.37. The number of rotatable bonds is 0. The van der Waals surface area contributed by atoms with Gasteiger partial charge in [0.05, 0.1) is 6.10 Å². The Morgan fingerprint density at radius 1 is 1.14 bits per heavy atom. The van der Waals surface area contributed by atoms with Gasteiger partial charge >= 0.3 is 0 Å². The zero-order chi connectivity index (χ0) is 20.1. The van der Waals surface area contributed by atoms with Gasteiger partial charge in [0, 0.05) is 16.7 Å². The van der Waals surface area contributed by atoms with E-state index in [1.807, 2.05) is 0 Å². The van der Waals surface area contributed by atoms with Crippen molar-refractivity contribution in [1.82, 2.24) is 0 Å². The molecule has 0 aromatic carbocycles. The number of aliphatic hydroxyl groups excluding tert-OH is 1. The molecule has 6 heteroatoms. The van der Waals surface area contributed by atoms with Crippen LogP contribution in [-0.2, 0) is 23.7 Å². The van der Waals surface area contributed by atoms with Crippen molar-refractivity contribution in [2.24, 2.45) is 28.6 Å². The van der Waals surface area contributed by atoms with Gasteiger partial charge in [-0.05, 0) is 56.1 Å². The van der Waals surface area contributed by atoms with Gasteiger partial charge in [-0.25, -0.2) is 0 Å². The number of hydrogen-bond acceptors (Lipinski definition) is 6. The molecule has 2 spiro atoms. The number of fused-ring (bicyclic) bond motifs is 7. The Balaban J connectivity index is 1.41. The maximum Gasteiger partial charge on any atom is 0.226 e. The molecule has 6 rings (SSSR count). The number of allylic oxidation sites excluding steroid dienone is 4. The lowest BCUT2D eigenvalue weighted by Gasteiger charge is -2.60. The highest BCUT2D eigenvalue weighted by molar-refractivity contribution is 6.01. The van der Waals surface area contributed by atoms with Gasteiger partial charge in [-0.2, -0.15) is 0 Å². The third-order valence-corrected chi connectivity index (χ3v) is 9.50. The summed E-state index contributed by atoms with van der Waals surface area (Å²) in [4.78, 5) is 12.0. The molecular formula is C23H30O6. The van der Waals surface area contributed by atoms with Crippen molar-refractivity contribution in [1.29, 1.82) is 0 Å². The molecule has 0 aromatic heterocycles. The molecule has 3 saturated carbocycles.